The van der Waals surface area contributed by atoms with Crippen LogP contribution in [0.4, 0.5) is 0 Å². The molecule has 126 valence electrons. The van der Waals surface area contributed by atoms with Crippen LogP contribution >= 0.6 is 0 Å². The lowest BCUT2D eigenvalue weighted by Gasteiger charge is -2.44. The van der Waals surface area contributed by atoms with Gasteiger partial charge in [-0.2, -0.15) is 0 Å². The number of nitrogens with zero attached hydrogens (tertiary/aromatic N) is 1. The summed E-state index contributed by atoms with van der Waals surface area (Å²) in [6, 6.07) is 0.494. The highest BCUT2D eigenvalue weighted by Crippen LogP contribution is 2.35. The summed E-state index contributed by atoms with van der Waals surface area (Å²) >= 11 is 0. The highest BCUT2D eigenvalue weighted by atomic mass is 16.2. The van der Waals surface area contributed by atoms with Crippen molar-refractivity contribution in [3.8, 4) is 0 Å². The molecule has 1 saturated heterocycles. The van der Waals surface area contributed by atoms with Gasteiger partial charge in [-0.05, 0) is 44.4 Å². The molecule has 2 aliphatic rings. The second kappa shape index (κ2) is 9.16. The maximum atomic E-state index is 12.5. The molecule has 2 rings (SSSR count). The summed E-state index contributed by atoms with van der Waals surface area (Å²) in [6.45, 7) is 3.81. The number of hydrogen-bond acceptors (Lipinski definition) is 2. The number of carbonyl (C=O) groups is 2. The van der Waals surface area contributed by atoms with Crippen molar-refractivity contribution in [1.82, 2.24) is 10.2 Å². The Morgan fingerprint density at radius 2 is 1.82 bits per heavy atom. The van der Waals surface area contributed by atoms with Gasteiger partial charge in [0.1, 0.15) is 0 Å². The summed E-state index contributed by atoms with van der Waals surface area (Å²) in [7, 11) is 0. The number of piperidine rings is 1. The number of amides is 2. The monoisotopic (exact) mass is 308 g/mol. The highest BCUT2D eigenvalue weighted by Gasteiger charge is 2.35. The predicted molar refractivity (Wildman–Crippen MR) is 88.5 cm³/mol. The fraction of sp³-hybridized carbons (Fsp3) is 0.889. The maximum absolute atomic E-state index is 12.5. The van der Waals surface area contributed by atoms with Gasteiger partial charge in [0.15, 0.2) is 0 Å². The number of carbonyl (C=O) groups excluding carboxylic acids is 2. The van der Waals surface area contributed by atoms with Gasteiger partial charge in [0.05, 0.1) is 0 Å². The average Bonchev–Trinajstić information content (AvgIpc) is 2.54. The molecule has 2 unspecified atom stereocenters. The molecule has 1 N–H and O–H groups in total. The van der Waals surface area contributed by atoms with Gasteiger partial charge in [-0.1, -0.05) is 26.2 Å². The first-order chi connectivity index (χ1) is 10.7. The molecule has 0 bridgehead atoms. The molecule has 4 nitrogen and oxygen atoms in total. The Bertz CT molecular complexity index is 368. The third-order valence-corrected chi connectivity index (χ3v) is 5.21. The summed E-state index contributed by atoms with van der Waals surface area (Å²) in [5, 5.41) is 2.92. The van der Waals surface area contributed by atoms with E-state index >= 15 is 0 Å². The lowest BCUT2D eigenvalue weighted by Crippen LogP contribution is -2.49. The maximum Gasteiger partial charge on any atom is 0.222 e. The first kappa shape index (κ1) is 17.3. The Hall–Kier alpha value is -1.06. The molecule has 1 aliphatic carbocycles. The lowest BCUT2D eigenvalue weighted by molar-refractivity contribution is -0.137. The van der Waals surface area contributed by atoms with Gasteiger partial charge in [0, 0.05) is 32.0 Å². The van der Waals surface area contributed by atoms with Crippen LogP contribution in [0.1, 0.15) is 77.6 Å². The van der Waals surface area contributed by atoms with Gasteiger partial charge in [-0.25, -0.2) is 0 Å². The van der Waals surface area contributed by atoms with Crippen LogP contribution in [0.15, 0.2) is 0 Å². The van der Waals surface area contributed by atoms with E-state index in [9.17, 15) is 9.59 Å². The predicted octanol–water partition coefficient (Wildman–Crippen LogP) is 3.25. The van der Waals surface area contributed by atoms with Crippen molar-refractivity contribution in [1.29, 1.82) is 0 Å². The Morgan fingerprint density at radius 1 is 1.05 bits per heavy atom. The Labute approximate surface area is 135 Å². The molecule has 4 heteroatoms. The summed E-state index contributed by atoms with van der Waals surface area (Å²) < 4.78 is 0. The number of unbranched alkanes of at least 4 members (excludes halogenated alkanes) is 1. The molecule has 2 atom stereocenters. The van der Waals surface area contributed by atoms with Crippen LogP contribution in [0.25, 0.3) is 0 Å². The van der Waals surface area contributed by atoms with Crippen LogP contribution in [0.3, 0.4) is 0 Å². The summed E-state index contributed by atoms with van der Waals surface area (Å²) in [4.78, 5) is 26.3. The van der Waals surface area contributed by atoms with Gasteiger partial charge < -0.3 is 10.2 Å². The van der Waals surface area contributed by atoms with Crippen LogP contribution in [0, 0.1) is 5.92 Å². The van der Waals surface area contributed by atoms with Crippen molar-refractivity contribution in [2.24, 2.45) is 5.92 Å². The Morgan fingerprint density at radius 3 is 2.64 bits per heavy atom. The van der Waals surface area contributed by atoms with Crippen LogP contribution in [0.5, 0.6) is 0 Å². The largest absolute Gasteiger partial charge is 0.356 e. The van der Waals surface area contributed by atoms with Gasteiger partial charge >= 0.3 is 0 Å². The topological polar surface area (TPSA) is 49.4 Å². The molecule has 22 heavy (non-hydrogen) atoms. The van der Waals surface area contributed by atoms with Gasteiger partial charge in [0.2, 0.25) is 11.8 Å². The molecule has 1 aliphatic heterocycles. The molecule has 0 radical (unpaired) electrons. The van der Waals surface area contributed by atoms with Gasteiger partial charge in [0.25, 0.3) is 0 Å². The van der Waals surface area contributed by atoms with E-state index in [2.05, 4.69) is 17.1 Å². The van der Waals surface area contributed by atoms with Crippen molar-refractivity contribution in [2.75, 3.05) is 13.1 Å². The fourth-order valence-corrected chi connectivity index (χ4v) is 3.97. The Balaban J connectivity index is 1.69. The minimum atomic E-state index is 0.0930. The van der Waals surface area contributed by atoms with E-state index in [4.69, 9.17) is 0 Å². The van der Waals surface area contributed by atoms with Crippen molar-refractivity contribution < 1.29 is 9.59 Å². The smallest absolute Gasteiger partial charge is 0.222 e. The zero-order valence-corrected chi connectivity index (χ0v) is 14.1. The van der Waals surface area contributed by atoms with E-state index in [1.807, 2.05) is 0 Å². The molecule has 0 aromatic heterocycles. The summed E-state index contributed by atoms with van der Waals surface area (Å²) in [5.74, 6) is 1.11. The SMILES string of the molecule is CCCCNC(=O)CCCC(=O)N1CCCC2CCCCC21. The molecule has 2 amide bonds. The van der Waals surface area contributed by atoms with E-state index < -0.39 is 0 Å². The number of rotatable bonds is 7. The summed E-state index contributed by atoms with van der Waals surface area (Å²) in [6.07, 6.45) is 11.4. The van der Waals surface area contributed by atoms with E-state index in [-0.39, 0.29) is 11.8 Å². The molecular weight excluding hydrogens is 276 g/mol. The molecule has 1 saturated carbocycles. The standard InChI is InChI=1S/C18H32N2O2/c1-2-3-13-19-17(21)11-6-12-18(22)20-14-7-9-15-8-4-5-10-16(15)20/h15-16H,2-14H2,1H3,(H,19,21). The summed E-state index contributed by atoms with van der Waals surface area (Å²) in [5.41, 5.74) is 0. The highest BCUT2D eigenvalue weighted by molar-refractivity contribution is 5.79. The second-order valence-corrected chi connectivity index (χ2v) is 6.90. The van der Waals surface area contributed by atoms with Crippen LogP contribution in [-0.2, 0) is 9.59 Å². The van der Waals surface area contributed by atoms with Crippen molar-refractivity contribution in [2.45, 2.75) is 83.6 Å². The molecule has 0 aromatic rings. The molecule has 2 fully saturated rings. The fourth-order valence-electron chi connectivity index (χ4n) is 3.97. The van der Waals surface area contributed by atoms with Gasteiger partial charge in [-0.3, -0.25) is 9.59 Å². The molecule has 0 aromatic carbocycles. The number of likely N-dealkylation sites (tertiary alicyclic amines) is 1. The van der Waals surface area contributed by atoms with Gasteiger partial charge in [-0.15, -0.1) is 0 Å². The first-order valence-electron chi connectivity index (χ1n) is 9.28. The van der Waals surface area contributed by atoms with Crippen molar-refractivity contribution in [3.63, 3.8) is 0 Å². The van der Waals surface area contributed by atoms with E-state index in [0.29, 0.717) is 25.3 Å². The van der Waals surface area contributed by atoms with Crippen LogP contribution in [0.2, 0.25) is 0 Å². The quantitative estimate of drug-likeness (QED) is 0.734. The van der Waals surface area contributed by atoms with E-state index in [1.54, 1.807) is 0 Å². The third-order valence-electron chi connectivity index (χ3n) is 5.21. The normalized spacial score (nSPS) is 24.7. The molecular formula is C18H32N2O2. The first-order valence-corrected chi connectivity index (χ1v) is 9.28. The minimum Gasteiger partial charge on any atom is -0.356 e. The van der Waals surface area contributed by atoms with E-state index in [0.717, 1.165) is 38.3 Å². The zero-order valence-electron chi connectivity index (χ0n) is 14.1. The van der Waals surface area contributed by atoms with Crippen molar-refractivity contribution >= 4 is 11.8 Å². The van der Waals surface area contributed by atoms with Crippen molar-refractivity contribution in [3.05, 3.63) is 0 Å². The number of nitrogens with one attached hydrogen (secondary N) is 1. The minimum absolute atomic E-state index is 0.0930. The number of hydrogen-bond donors (Lipinski definition) is 1. The zero-order chi connectivity index (χ0) is 15.8. The van der Waals surface area contributed by atoms with Crippen LogP contribution in [-0.4, -0.2) is 35.8 Å². The molecule has 0 spiro atoms. The third kappa shape index (κ3) is 4.99. The second-order valence-electron chi connectivity index (χ2n) is 6.90. The molecule has 1 heterocycles. The Kier molecular flexibility index (Phi) is 7.20. The van der Waals surface area contributed by atoms with E-state index in [1.165, 1.54) is 32.1 Å². The average molecular weight is 308 g/mol. The van der Waals surface area contributed by atoms with Crippen LogP contribution < -0.4 is 5.32 Å². The number of fused-ring (bicyclic) bond motifs is 1. The lowest BCUT2D eigenvalue weighted by atomic mass is 9.78.